The Bertz CT molecular complexity index is 584. The third-order valence-corrected chi connectivity index (χ3v) is 3.66. The van der Waals surface area contributed by atoms with E-state index in [-0.39, 0.29) is 5.91 Å². The molecule has 0 saturated heterocycles. The van der Waals surface area contributed by atoms with Gasteiger partial charge in [0.15, 0.2) is 0 Å². The standard InChI is InChI=1S/C16H16INO2/c1-12-7-8-14(15(17)11-12)16(19)18-9-10-20-13-5-3-2-4-6-13/h2-8,11H,9-10H2,1H3,(H,18,19). The minimum Gasteiger partial charge on any atom is -0.492 e. The maximum Gasteiger partial charge on any atom is 0.252 e. The van der Waals surface area contributed by atoms with E-state index in [1.807, 2.05) is 55.5 Å². The Morgan fingerprint density at radius 2 is 1.95 bits per heavy atom. The maximum atomic E-state index is 12.0. The predicted octanol–water partition coefficient (Wildman–Crippen LogP) is 3.41. The summed E-state index contributed by atoms with van der Waals surface area (Å²) in [7, 11) is 0. The average molecular weight is 381 g/mol. The highest BCUT2D eigenvalue weighted by atomic mass is 127. The first kappa shape index (κ1) is 14.8. The Hall–Kier alpha value is -1.56. The quantitative estimate of drug-likeness (QED) is 0.637. The lowest BCUT2D eigenvalue weighted by molar-refractivity contribution is 0.0946. The molecular weight excluding hydrogens is 365 g/mol. The second-order valence-corrected chi connectivity index (χ2v) is 5.56. The van der Waals surface area contributed by atoms with Crippen LogP contribution in [0.5, 0.6) is 5.75 Å². The van der Waals surface area contributed by atoms with Crippen LogP contribution in [0.25, 0.3) is 0 Å². The number of para-hydroxylation sites is 1. The van der Waals surface area contributed by atoms with Crippen molar-refractivity contribution in [2.45, 2.75) is 6.92 Å². The molecule has 0 radical (unpaired) electrons. The number of carbonyl (C=O) groups is 1. The summed E-state index contributed by atoms with van der Waals surface area (Å²) in [5, 5.41) is 2.86. The molecule has 104 valence electrons. The molecule has 0 aromatic heterocycles. The Balaban J connectivity index is 1.80. The topological polar surface area (TPSA) is 38.3 Å². The molecule has 2 aromatic rings. The summed E-state index contributed by atoms with van der Waals surface area (Å²) in [6, 6.07) is 15.4. The lowest BCUT2D eigenvalue weighted by Gasteiger charge is -2.09. The zero-order valence-electron chi connectivity index (χ0n) is 11.2. The zero-order valence-corrected chi connectivity index (χ0v) is 13.4. The lowest BCUT2D eigenvalue weighted by Crippen LogP contribution is -2.28. The van der Waals surface area contributed by atoms with E-state index in [2.05, 4.69) is 27.9 Å². The summed E-state index contributed by atoms with van der Waals surface area (Å²) in [5.74, 6) is 0.748. The van der Waals surface area contributed by atoms with Crippen molar-refractivity contribution in [3.63, 3.8) is 0 Å². The molecule has 0 atom stereocenters. The first-order valence-electron chi connectivity index (χ1n) is 6.39. The van der Waals surface area contributed by atoms with E-state index in [9.17, 15) is 4.79 Å². The molecule has 0 bridgehead atoms. The van der Waals surface area contributed by atoms with Crippen molar-refractivity contribution in [1.82, 2.24) is 5.32 Å². The van der Waals surface area contributed by atoms with Gasteiger partial charge in [-0.1, -0.05) is 29.8 Å². The number of rotatable bonds is 5. The van der Waals surface area contributed by atoms with E-state index >= 15 is 0 Å². The number of hydrogen-bond donors (Lipinski definition) is 1. The maximum absolute atomic E-state index is 12.0. The van der Waals surface area contributed by atoms with Crippen LogP contribution in [0.4, 0.5) is 0 Å². The highest BCUT2D eigenvalue weighted by Gasteiger charge is 2.08. The van der Waals surface area contributed by atoms with Crippen LogP contribution >= 0.6 is 22.6 Å². The van der Waals surface area contributed by atoms with Crippen molar-refractivity contribution >= 4 is 28.5 Å². The average Bonchev–Trinajstić information content (AvgIpc) is 2.44. The van der Waals surface area contributed by atoms with Gasteiger partial charge in [-0.3, -0.25) is 4.79 Å². The number of aryl methyl sites for hydroxylation is 1. The van der Waals surface area contributed by atoms with Gasteiger partial charge >= 0.3 is 0 Å². The van der Waals surface area contributed by atoms with Crippen molar-refractivity contribution in [2.24, 2.45) is 0 Å². The molecule has 0 aliphatic heterocycles. The Kier molecular flexibility index (Phi) is 5.40. The van der Waals surface area contributed by atoms with Crippen molar-refractivity contribution in [3.8, 4) is 5.75 Å². The smallest absolute Gasteiger partial charge is 0.252 e. The lowest BCUT2D eigenvalue weighted by atomic mass is 10.1. The van der Waals surface area contributed by atoms with Crippen LogP contribution in [0.3, 0.4) is 0 Å². The van der Waals surface area contributed by atoms with Gasteiger partial charge in [0.25, 0.3) is 5.91 Å². The molecule has 3 nitrogen and oxygen atoms in total. The minimum absolute atomic E-state index is 0.0638. The summed E-state index contributed by atoms with van der Waals surface area (Å²) in [4.78, 5) is 12.0. The van der Waals surface area contributed by atoms with Crippen molar-refractivity contribution < 1.29 is 9.53 Å². The number of halogens is 1. The molecular formula is C16H16INO2. The van der Waals surface area contributed by atoms with Gasteiger partial charge < -0.3 is 10.1 Å². The van der Waals surface area contributed by atoms with Gasteiger partial charge in [0.2, 0.25) is 0 Å². The number of carbonyl (C=O) groups excluding carboxylic acids is 1. The summed E-state index contributed by atoms with van der Waals surface area (Å²) < 4.78 is 6.49. The summed E-state index contributed by atoms with van der Waals surface area (Å²) in [6.07, 6.45) is 0. The Morgan fingerprint density at radius 1 is 1.20 bits per heavy atom. The number of hydrogen-bond acceptors (Lipinski definition) is 2. The van der Waals surface area contributed by atoms with E-state index in [1.165, 1.54) is 0 Å². The molecule has 0 spiro atoms. The molecule has 0 heterocycles. The highest BCUT2D eigenvalue weighted by molar-refractivity contribution is 14.1. The van der Waals surface area contributed by atoms with Crippen LogP contribution in [0.2, 0.25) is 0 Å². The monoisotopic (exact) mass is 381 g/mol. The van der Waals surface area contributed by atoms with Crippen LogP contribution in [0.1, 0.15) is 15.9 Å². The third-order valence-electron chi connectivity index (χ3n) is 2.77. The fourth-order valence-electron chi connectivity index (χ4n) is 1.75. The molecule has 20 heavy (non-hydrogen) atoms. The fourth-order valence-corrected chi connectivity index (χ4v) is 2.67. The molecule has 1 N–H and O–H groups in total. The van der Waals surface area contributed by atoms with Gasteiger partial charge in [-0.25, -0.2) is 0 Å². The van der Waals surface area contributed by atoms with Gasteiger partial charge in [-0.15, -0.1) is 0 Å². The second kappa shape index (κ2) is 7.28. The van der Waals surface area contributed by atoms with Gasteiger partial charge in [0.1, 0.15) is 12.4 Å². The summed E-state index contributed by atoms with van der Waals surface area (Å²) in [5.41, 5.74) is 1.86. The molecule has 4 heteroatoms. The number of benzene rings is 2. The highest BCUT2D eigenvalue weighted by Crippen LogP contribution is 2.14. The van der Waals surface area contributed by atoms with Crippen molar-refractivity contribution in [1.29, 1.82) is 0 Å². The molecule has 1 amide bonds. The predicted molar refractivity (Wildman–Crippen MR) is 88.2 cm³/mol. The molecule has 0 aliphatic rings. The van der Waals surface area contributed by atoms with Gasteiger partial charge in [-0.2, -0.15) is 0 Å². The summed E-state index contributed by atoms with van der Waals surface area (Å²) in [6.45, 7) is 2.95. The zero-order chi connectivity index (χ0) is 14.4. The van der Waals surface area contributed by atoms with E-state index in [0.717, 1.165) is 14.9 Å². The molecule has 0 fully saturated rings. The molecule has 0 aliphatic carbocycles. The van der Waals surface area contributed by atoms with Crippen LogP contribution in [0, 0.1) is 10.5 Å². The molecule has 2 rings (SSSR count). The van der Waals surface area contributed by atoms with E-state index in [1.54, 1.807) is 0 Å². The van der Waals surface area contributed by atoms with Crippen LogP contribution < -0.4 is 10.1 Å². The Labute approximate surface area is 132 Å². The van der Waals surface area contributed by atoms with E-state index in [0.29, 0.717) is 18.7 Å². The third kappa shape index (κ3) is 4.23. The number of nitrogens with one attached hydrogen (secondary N) is 1. The fraction of sp³-hybridized carbons (Fsp3) is 0.188. The first-order valence-corrected chi connectivity index (χ1v) is 7.47. The SMILES string of the molecule is Cc1ccc(C(=O)NCCOc2ccccc2)c(I)c1. The van der Waals surface area contributed by atoms with Crippen molar-refractivity contribution in [3.05, 3.63) is 63.2 Å². The molecule has 0 unspecified atom stereocenters. The van der Waals surface area contributed by atoms with Crippen molar-refractivity contribution in [2.75, 3.05) is 13.2 Å². The second-order valence-electron chi connectivity index (χ2n) is 4.40. The van der Waals surface area contributed by atoms with Crippen LogP contribution in [-0.4, -0.2) is 19.1 Å². The van der Waals surface area contributed by atoms with Crippen LogP contribution in [0.15, 0.2) is 48.5 Å². The van der Waals surface area contributed by atoms with Gasteiger partial charge in [-0.05, 0) is 53.8 Å². The first-order chi connectivity index (χ1) is 9.66. The largest absolute Gasteiger partial charge is 0.492 e. The normalized spacial score (nSPS) is 10.1. The minimum atomic E-state index is -0.0638. The van der Waals surface area contributed by atoms with E-state index in [4.69, 9.17) is 4.74 Å². The Morgan fingerprint density at radius 3 is 2.65 bits per heavy atom. The van der Waals surface area contributed by atoms with Gasteiger partial charge in [0.05, 0.1) is 12.1 Å². The van der Waals surface area contributed by atoms with Crippen LogP contribution in [-0.2, 0) is 0 Å². The number of amides is 1. The van der Waals surface area contributed by atoms with E-state index < -0.39 is 0 Å². The number of ether oxygens (including phenoxy) is 1. The molecule has 2 aromatic carbocycles. The van der Waals surface area contributed by atoms with Gasteiger partial charge in [0, 0.05) is 3.57 Å². The summed E-state index contributed by atoms with van der Waals surface area (Å²) >= 11 is 2.18. The molecule has 0 saturated carbocycles.